The summed E-state index contributed by atoms with van der Waals surface area (Å²) < 4.78 is 1.82. The molecule has 1 heterocycles. The van der Waals surface area contributed by atoms with E-state index < -0.39 is 4.92 Å². The van der Waals surface area contributed by atoms with Crippen LogP contribution in [0.5, 0.6) is 0 Å². The van der Waals surface area contributed by atoms with Crippen LogP contribution in [0.4, 0.5) is 5.69 Å². The first-order valence-electron chi connectivity index (χ1n) is 5.41. The highest BCUT2D eigenvalue weighted by Gasteiger charge is 2.10. The molecule has 0 N–H and O–H groups in total. The summed E-state index contributed by atoms with van der Waals surface area (Å²) in [5, 5.41) is 15.3. The summed E-state index contributed by atoms with van der Waals surface area (Å²) in [6.45, 7) is 4.39. The quantitative estimate of drug-likeness (QED) is 0.633. The first kappa shape index (κ1) is 12.6. The van der Waals surface area contributed by atoms with Crippen LogP contribution in [0.3, 0.4) is 0 Å². The number of nitro groups is 1. The van der Waals surface area contributed by atoms with Crippen molar-refractivity contribution in [1.82, 2.24) is 9.78 Å². The van der Waals surface area contributed by atoms with Gasteiger partial charge in [0.25, 0.3) is 5.69 Å². The Bertz CT molecular complexity index is 607. The molecule has 94 valence electrons. The van der Waals surface area contributed by atoms with Crippen LogP contribution in [0.15, 0.2) is 24.3 Å². The van der Waals surface area contributed by atoms with Gasteiger partial charge in [0.15, 0.2) is 0 Å². The number of hydrogen-bond acceptors (Lipinski definition) is 3. The first-order valence-corrected chi connectivity index (χ1v) is 5.79. The Morgan fingerprint density at radius 1 is 1.39 bits per heavy atom. The molecule has 0 fully saturated rings. The maximum absolute atomic E-state index is 10.6. The summed E-state index contributed by atoms with van der Waals surface area (Å²) in [6, 6.07) is 6.45. The van der Waals surface area contributed by atoms with E-state index in [0.29, 0.717) is 11.6 Å². The number of rotatable bonds is 3. The van der Waals surface area contributed by atoms with E-state index in [4.69, 9.17) is 11.6 Å². The molecule has 0 aliphatic carbocycles. The SMILES string of the molecule is Cc1cc(C)n(Cc2ccc([N+](=O)[O-])cc2Cl)n1. The number of non-ortho nitro benzene ring substituents is 1. The van der Waals surface area contributed by atoms with Crippen LogP contribution in [-0.2, 0) is 6.54 Å². The molecule has 0 atom stereocenters. The zero-order valence-corrected chi connectivity index (χ0v) is 10.8. The van der Waals surface area contributed by atoms with Gasteiger partial charge in [0.05, 0.1) is 22.2 Å². The van der Waals surface area contributed by atoms with Crippen molar-refractivity contribution in [1.29, 1.82) is 0 Å². The molecule has 0 amide bonds. The minimum Gasteiger partial charge on any atom is -0.265 e. The normalized spacial score (nSPS) is 10.6. The highest BCUT2D eigenvalue weighted by Crippen LogP contribution is 2.23. The summed E-state index contributed by atoms with van der Waals surface area (Å²) in [5.74, 6) is 0. The second-order valence-electron chi connectivity index (χ2n) is 4.12. The standard InChI is InChI=1S/C12H12ClN3O2/c1-8-5-9(2)15(14-8)7-10-3-4-11(16(17)18)6-12(10)13/h3-6H,7H2,1-2H3. The van der Waals surface area contributed by atoms with Gasteiger partial charge in [0.2, 0.25) is 0 Å². The minimum absolute atomic E-state index is 0.00267. The number of halogens is 1. The summed E-state index contributed by atoms with van der Waals surface area (Å²) in [5.41, 5.74) is 2.78. The van der Waals surface area contributed by atoms with Gasteiger partial charge in [-0.2, -0.15) is 5.10 Å². The molecule has 1 aromatic heterocycles. The van der Waals surface area contributed by atoms with E-state index in [1.807, 2.05) is 24.6 Å². The van der Waals surface area contributed by atoms with E-state index in [2.05, 4.69) is 5.10 Å². The van der Waals surface area contributed by atoms with Crippen molar-refractivity contribution < 1.29 is 4.92 Å². The Hall–Kier alpha value is -1.88. The van der Waals surface area contributed by atoms with Gasteiger partial charge in [0, 0.05) is 17.8 Å². The molecule has 0 unspecified atom stereocenters. The predicted molar refractivity (Wildman–Crippen MR) is 68.9 cm³/mol. The van der Waals surface area contributed by atoms with Gasteiger partial charge >= 0.3 is 0 Å². The van der Waals surface area contributed by atoms with Crippen LogP contribution in [0, 0.1) is 24.0 Å². The molecule has 0 spiro atoms. The van der Waals surface area contributed by atoms with Crippen LogP contribution in [0.25, 0.3) is 0 Å². The topological polar surface area (TPSA) is 61.0 Å². The van der Waals surface area contributed by atoms with E-state index >= 15 is 0 Å². The second kappa shape index (κ2) is 4.78. The smallest absolute Gasteiger partial charge is 0.265 e. The number of benzene rings is 1. The molecular formula is C12H12ClN3O2. The van der Waals surface area contributed by atoms with Crippen molar-refractivity contribution in [2.24, 2.45) is 0 Å². The Morgan fingerprint density at radius 2 is 2.11 bits per heavy atom. The average Bonchev–Trinajstić information content (AvgIpc) is 2.60. The summed E-state index contributed by atoms with van der Waals surface area (Å²) in [7, 11) is 0. The molecule has 0 saturated heterocycles. The van der Waals surface area contributed by atoms with Crippen LogP contribution in [-0.4, -0.2) is 14.7 Å². The third kappa shape index (κ3) is 2.51. The Morgan fingerprint density at radius 3 is 2.61 bits per heavy atom. The van der Waals surface area contributed by atoms with Gasteiger partial charge in [-0.3, -0.25) is 14.8 Å². The van der Waals surface area contributed by atoms with Gasteiger partial charge in [-0.1, -0.05) is 11.6 Å². The van der Waals surface area contributed by atoms with Crippen LogP contribution in [0.2, 0.25) is 5.02 Å². The predicted octanol–water partition coefficient (Wildman–Crippen LogP) is 3.11. The zero-order valence-electron chi connectivity index (χ0n) is 10.1. The number of nitro benzene ring substituents is 1. The third-order valence-electron chi connectivity index (χ3n) is 2.67. The lowest BCUT2D eigenvalue weighted by atomic mass is 10.2. The van der Waals surface area contributed by atoms with Crippen molar-refractivity contribution in [2.45, 2.75) is 20.4 Å². The molecule has 0 radical (unpaired) electrons. The van der Waals surface area contributed by atoms with Crippen LogP contribution in [0.1, 0.15) is 17.0 Å². The number of aryl methyl sites for hydroxylation is 2. The number of aromatic nitrogens is 2. The van der Waals surface area contributed by atoms with E-state index in [9.17, 15) is 10.1 Å². The Kier molecular flexibility index (Phi) is 3.34. The van der Waals surface area contributed by atoms with Crippen molar-refractivity contribution in [3.63, 3.8) is 0 Å². The number of nitrogens with zero attached hydrogens (tertiary/aromatic N) is 3. The lowest BCUT2D eigenvalue weighted by molar-refractivity contribution is -0.384. The minimum atomic E-state index is -0.459. The van der Waals surface area contributed by atoms with E-state index in [1.54, 1.807) is 6.07 Å². The fourth-order valence-corrected chi connectivity index (χ4v) is 2.01. The second-order valence-corrected chi connectivity index (χ2v) is 4.52. The molecule has 0 aliphatic rings. The first-order chi connectivity index (χ1) is 8.47. The van der Waals surface area contributed by atoms with E-state index in [-0.39, 0.29) is 5.69 Å². The van der Waals surface area contributed by atoms with Gasteiger partial charge in [-0.15, -0.1) is 0 Å². The largest absolute Gasteiger partial charge is 0.270 e. The molecule has 2 aromatic rings. The molecule has 18 heavy (non-hydrogen) atoms. The molecule has 6 heteroatoms. The lowest BCUT2D eigenvalue weighted by Crippen LogP contribution is -2.04. The van der Waals surface area contributed by atoms with Crippen LogP contribution < -0.4 is 0 Å². The van der Waals surface area contributed by atoms with Gasteiger partial charge < -0.3 is 0 Å². The van der Waals surface area contributed by atoms with Crippen molar-refractivity contribution in [3.8, 4) is 0 Å². The molecule has 0 bridgehead atoms. The van der Waals surface area contributed by atoms with E-state index in [0.717, 1.165) is 17.0 Å². The van der Waals surface area contributed by atoms with Crippen molar-refractivity contribution >= 4 is 17.3 Å². The average molecular weight is 266 g/mol. The fourth-order valence-electron chi connectivity index (χ4n) is 1.77. The Labute approximate surface area is 109 Å². The summed E-state index contributed by atoms with van der Waals surface area (Å²) >= 11 is 6.04. The Balaban J connectivity index is 2.30. The van der Waals surface area contributed by atoms with Crippen molar-refractivity contribution in [3.05, 3.63) is 56.4 Å². The van der Waals surface area contributed by atoms with Gasteiger partial charge in [-0.05, 0) is 31.5 Å². The maximum Gasteiger partial charge on any atom is 0.270 e. The molecule has 0 aliphatic heterocycles. The highest BCUT2D eigenvalue weighted by molar-refractivity contribution is 6.31. The third-order valence-corrected chi connectivity index (χ3v) is 3.02. The fraction of sp³-hybridized carbons (Fsp3) is 0.250. The zero-order chi connectivity index (χ0) is 13.3. The van der Waals surface area contributed by atoms with E-state index in [1.165, 1.54) is 12.1 Å². The molecular weight excluding hydrogens is 254 g/mol. The molecule has 2 rings (SSSR count). The summed E-state index contributed by atoms with van der Waals surface area (Å²) in [6.07, 6.45) is 0. The number of hydrogen-bond donors (Lipinski definition) is 0. The highest BCUT2D eigenvalue weighted by atomic mass is 35.5. The molecule has 1 aromatic carbocycles. The van der Waals surface area contributed by atoms with Gasteiger partial charge in [0.1, 0.15) is 0 Å². The summed E-state index contributed by atoms with van der Waals surface area (Å²) in [4.78, 5) is 10.2. The van der Waals surface area contributed by atoms with Crippen molar-refractivity contribution in [2.75, 3.05) is 0 Å². The monoisotopic (exact) mass is 265 g/mol. The maximum atomic E-state index is 10.6. The van der Waals surface area contributed by atoms with Gasteiger partial charge in [-0.25, -0.2) is 0 Å². The van der Waals surface area contributed by atoms with Crippen LogP contribution >= 0.6 is 11.6 Å². The molecule has 0 saturated carbocycles. The lowest BCUT2D eigenvalue weighted by Gasteiger charge is -2.06. The molecule has 5 nitrogen and oxygen atoms in total.